The quantitative estimate of drug-likeness (QED) is 0.490. The van der Waals surface area contributed by atoms with E-state index in [4.69, 9.17) is 21.1 Å². The molecule has 3 aliphatic carbocycles. The van der Waals surface area contributed by atoms with Crippen LogP contribution in [0.4, 0.5) is 11.7 Å². The molecule has 9 heteroatoms. The lowest BCUT2D eigenvalue weighted by molar-refractivity contribution is -0.115. The van der Waals surface area contributed by atoms with Crippen molar-refractivity contribution in [2.24, 2.45) is 17.1 Å². The van der Waals surface area contributed by atoms with Gasteiger partial charge in [0, 0.05) is 11.6 Å². The molecule has 2 bridgehead atoms. The maximum atomic E-state index is 12.5. The number of nitrogens with zero attached hydrogens (tertiary/aromatic N) is 3. The lowest BCUT2D eigenvalue weighted by atomic mass is 9.50. The largest absolute Gasteiger partial charge is 0.383 e. The van der Waals surface area contributed by atoms with Crippen molar-refractivity contribution in [3.63, 3.8) is 0 Å². The molecular formula is C25H30N6O3. The summed E-state index contributed by atoms with van der Waals surface area (Å²) in [5.74, 6) is 0.619. The van der Waals surface area contributed by atoms with E-state index in [0.29, 0.717) is 17.4 Å². The van der Waals surface area contributed by atoms with Gasteiger partial charge in [-0.1, -0.05) is 50.2 Å². The van der Waals surface area contributed by atoms with Crippen LogP contribution >= 0.6 is 0 Å². The molecule has 6 rings (SSSR count). The molecule has 0 saturated heterocycles. The molecule has 0 unspecified atom stereocenters. The van der Waals surface area contributed by atoms with Crippen LogP contribution in [0.25, 0.3) is 11.3 Å². The average Bonchev–Trinajstić information content (AvgIpc) is 3.23. The molecule has 1 aromatic carbocycles. The highest BCUT2D eigenvalue weighted by Crippen LogP contribution is 2.63. The average molecular weight is 463 g/mol. The lowest BCUT2D eigenvalue weighted by Crippen LogP contribution is -2.59. The highest BCUT2D eigenvalue weighted by Gasteiger charge is 2.59. The van der Waals surface area contributed by atoms with Crippen molar-refractivity contribution in [1.82, 2.24) is 14.9 Å². The van der Waals surface area contributed by atoms with Gasteiger partial charge in [-0.2, -0.15) is 5.10 Å². The first-order valence-corrected chi connectivity index (χ1v) is 11.6. The molecule has 0 radical (unpaired) electrons. The molecule has 3 aliphatic rings. The number of anilines is 2. The van der Waals surface area contributed by atoms with Gasteiger partial charge >= 0.3 is 0 Å². The number of aromatic nitrogens is 3. The number of hydrogen-bond donors (Lipinski definition) is 3. The molecule has 178 valence electrons. The molecule has 0 atom stereocenters. The molecular weight excluding hydrogens is 432 g/mol. The SMILES string of the molecule is CC(C)(C)Cc1cc(NC(=O)Cc2ccc(-c3nn(C45CC(C4)C5)c(N)c3C(N)=O)cc2)on1. The summed E-state index contributed by atoms with van der Waals surface area (Å²) in [4.78, 5) is 24.6. The van der Waals surface area contributed by atoms with Gasteiger partial charge in [0.25, 0.3) is 5.91 Å². The number of carbonyl (C=O) groups is 2. The van der Waals surface area contributed by atoms with Crippen LogP contribution in [-0.2, 0) is 23.2 Å². The first kappa shape index (κ1) is 22.2. The molecule has 5 N–H and O–H groups in total. The zero-order valence-corrected chi connectivity index (χ0v) is 19.7. The minimum Gasteiger partial charge on any atom is -0.383 e. The summed E-state index contributed by atoms with van der Waals surface area (Å²) in [5.41, 5.74) is 15.1. The van der Waals surface area contributed by atoms with Crippen molar-refractivity contribution in [2.75, 3.05) is 11.1 Å². The summed E-state index contributed by atoms with van der Waals surface area (Å²) in [6.07, 6.45) is 4.07. The number of nitrogen functional groups attached to an aromatic ring is 1. The Bertz CT molecular complexity index is 1250. The minimum absolute atomic E-state index is 0.0529. The molecule has 3 aromatic rings. The maximum absolute atomic E-state index is 12.5. The Labute approximate surface area is 197 Å². The Balaban J connectivity index is 1.28. The number of amides is 2. The molecule has 34 heavy (non-hydrogen) atoms. The summed E-state index contributed by atoms with van der Waals surface area (Å²) in [6.45, 7) is 6.35. The fourth-order valence-electron chi connectivity index (χ4n) is 5.07. The van der Waals surface area contributed by atoms with Crippen molar-refractivity contribution in [2.45, 2.75) is 58.4 Å². The highest BCUT2D eigenvalue weighted by molar-refractivity contribution is 6.03. The smallest absolute Gasteiger partial charge is 0.254 e. The first-order valence-electron chi connectivity index (χ1n) is 11.6. The fourth-order valence-corrected chi connectivity index (χ4v) is 5.07. The molecule has 0 spiro atoms. The molecule has 2 aromatic heterocycles. The number of nitrogens with two attached hydrogens (primary N) is 2. The summed E-state index contributed by atoms with van der Waals surface area (Å²) in [7, 11) is 0. The summed E-state index contributed by atoms with van der Waals surface area (Å²) in [6, 6.07) is 9.09. The van der Waals surface area contributed by atoms with Crippen LogP contribution in [0.2, 0.25) is 0 Å². The van der Waals surface area contributed by atoms with Gasteiger partial charge in [-0.25, -0.2) is 4.68 Å². The van der Waals surface area contributed by atoms with Gasteiger partial charge in [0.15, 0.2) is 0 Å². The number of rotatable bonds is 7. The van der Waals surface area contributed by atoms with Gasteiger partial charge < -0.3 is 16.0 Å². The summed E-state index contributed by atoms with van der Waals surface area (Å²) >= 11 is 0. The Kier molecular flexibility index (Phi) is 5.03. The predicted octanol–water partition coefficient (Wildman–Crippen LogP) is 3.50. The van der Waals surface area contributed by atoms with Crippen molar-refractivity contribution < 1.29 is 14.1 Å². The van der Waals surface area contributed by atoms with Crippen LogP contribution in [0.3, 0.4) is 0 Å². The second kappa shape index (κ2) is 7.72. The van der Waals surface area contributed by atoms with E-state index in [1.807, 2.05) is 24.3 Å². The van der Waals surface area contributed by atoms with Crippen LogP contribution in [0, 0.1) is 11.3 Å². The Morgan fingerprint density at radius 2 is 1.88 bits per heavy atom. The molecule has 9 nitrogen and oxygen atoms in total. The van der Waals surface area contributed by atoms with Gasteiger partial charge in [0.05, 0.1) is 17.7 Å². The number of hydrogen-bond acceptors (Lipinski definition) is 6. The zero-order chi connectivity index (χ0) is 24.3. The van der Waals surface area contributed by atoms with E-state index < -0.39 is 5.91 Å². The number of carbonyl (C=O) groups excluding carboxylic acids is 2. The predicted molar refractivity (Wildman–Crippen MR) is 128 cm³/mol. The minimum atomic E-state index is -0.591. The molecule has 0 aliphatic heterocycles. The Morgan fingerprint density at radius 3 is 2.44 bits per heavy atom. The molecule has 2 heterocycles. The monoisotopic (exact) mass is 462 g/mol. The number of primary amides is 1. The fraction of sp³-hybridized carbons (Fsp3) is 0.440. The molecule has 3 saturated carbocycles. The van der Waals surface area contributed by atoms with Crippen molar-refractivity contribution in [3.8, 4) is 11.3 Å². The van der Waals surface area contributed by atoms with Gasteiger partial charge in [-0.15, -0.1) is 0 Å². The Morgan fingerprint density at radius 1 is 1.21 bits per heavy atom. The highest BCUT2D eigenvalue weighted by atomic mass is 16.5. The van der Waals surface area contributed by atoms with E-state index in [1.165, 1.54) is 0 Å². The topological polar surface area (TPSA) is 142 Å². The maximum Gasteiger partial charge on any atom is 0.254 e. The van der Waals surface area contributed by atoms with Crippen LogP contribution in [-0.4, -0.2) is 26.8 Å². The third kappa shape index (κ3) is 3.95. The van der Waals surface area contributed by atoms with Crippen molar-refractivity contribution >= 4 is 23.5 Å². The Hall–Kier alpha value is -3.62. The normalized spacial score (nSPS) is 21.0. The van der Waals surface area contributed by atoms with Crippen LogP contribution in [0.1, 0.15) is 61.6 Å². The van der Waals surface area contributed by atoms with E-state index in [0.717, 1.165) is 48.4 Å². The van der Waals surface area contributed by atoms with Gasteiger partial charge in [0.2, 0.25) is 11.8 Å². The lowest BCUT2D eigenvalue weighted by Gasteiger charge is -2.61. The second-order valence-corrected chi connectivity index (χ2v) is 10.9. The van der Waals surface area contributed by atoms with Crippen LogP contribution in [0.5, 0.6) is 0 Å². The zero-order valence-electron chi connectivity index (χ0n) is 19.7. The van der Waals surface area contributed by atoms with E-state index in [2.05, 4.69) is 31.2 Å². The van der Waals surface area contributed by atoms with E-state index >= 15 is 0 Å². The van der Waals surface area contributed by atoms with Gasteiger partial charge in [0.1, 0.15) is 17.1 Å². The third-order valence-electron chi connectivity index (χ3n) is 6.75. The van der Waals surface area contributed by atoms with E-state index in [1.54, 1.807) is 10.7 Å². The standard InChI is InChI=1S/C25H30N6O3/c1-24(2,3)13-17-9-19(34-30-17)28-18(32)8-14-4-6-16(7-5-14)21-20(23(27)33)22(26)31(29-21)25-10-15(11-25)12-25/h4-7,9,15H,8,10-13,26H2,1-3H3,(H2,27,33)(H,28,32). The second-order valence-electron chi connectivity index (χ2n) is 10.9. The van der Waals surface area contributed by atoms with Crippen molar-refractivity contribution in [3.05, 3.63) is 47.2 Å². The number of benzene rings is 1. The molecule has 3 fully saturated rings. The number of nitrogens with one attached hydrogen (secondary N) is 1. The molecule has 2 amide bonds. The van der Waals surface area contributed by atoms with Crippen molar-refractivity contribution in [1.29, 1.82) is 0 Å². The van der Waals surface area contributed by atoms with E-state index in [-0.39, 0.29) is 28.8 Å². The third-order valence-corrected chi connectivity index (χ3v) is 6.75. The first-order chi connectivity index (χ1) is 16.0. The van der Waals surface area contributed by atoms with Crippen LogP contribution in [0.15, 0.2) is 34.9 Å². The summed E-state index contributed by atoms with van der Waals surface area (Å²) in [5, 5.41) is 11.5. The summed E-state index contributed by atoms with van der Waals surface area (Å²) < 4.78 is 7.04. The van der Waals surface area contributed by atoms with Crippen LogP contribution < -0.4 is 16.8 Å². The van der Waals surface area contributed by atoms with Gasteiger partial charge in [-0.05, 0) is 42.6 Å². The van der Waals surface area contributed by atoms with E-state index in [9.17, 15) is 9.59 Å². The van der Waals surface area contributed by atoms with Gasteiger partial charge in [-0.3, -0.25) is 14.9 Å².